The first kappa shape index (κ1) is 10.5. The molecule has 0 aliphatic carbocycles. The summed E-state index contributed by atoms with van der Waals surface area (Å²) >= 11 is 0. The molecule has 1 amide bonds. The minimum atomic E-state index is -0.415. The van der Waals surface area contributed by atoms with E-state index in [0.29, 0.717) is 5.75 Å². The molecule has 0 aromatic heterocycles. The molecule has 1 rings (SSSR count). The predicted molar refractivity (Wildman–Crippen MR) is 52.1 cm³/mol. The average Bonchev–Trinajstić information content (AvgIpc) is 2.19. The average molecular weight is 195 g/mol. The molecule has 0 saturated carbocycles. The van der Waals surface area contributed by atoms with Crippen molar-refractivity contribution in [2.24, 2.45) is 0 Å². The summed E-state index contributed by atoms with van der Waals surface area (Å²) < 4.78 is 4.98. The first-order valence-electron chi connectivity index (χ1n) is 4.22. The molecule has 0 bridgehead atoms. The van der Waals surface area contributed by atoms with Crippen LogP contribution < -0.4 is 4.74 Å². The van der Waals surface area contributed by atoms with Crippen molar-refractivity contribution in [3.8, 4) is 5.75 Å². The molecule has 0 aliphatic rings. The van der Waals surface area contributed by atoms with Gasteiger partial charge in [0.2, 0.25) is 0 Å². The van der Waals surface area contributed by atoms with Gasteiger partial charge < -0.3 is 14.7 Å². The first-order valence-corrected chi connectivity index (χ1v) is 4.22. The van der Waals surface area contributed by atoms with Gasteiger partial charge in [0.05, 0.1) is 6.61 Å². The molecule has 0 spiro atoms. The molecule has 0 saturated heterocycles. The monoisotopic (exact) mass is 195 g/mol. The fraction of sp³-hybridized carbons (Fsp3) is 0.300. The van der Waals surface area contributed by atoms with Gasteiger partial charge in [-0.25, -0.2) is 4.79 Å². The van der Waals surface area contributed by atoms with E-state index in [0.717, 1.165) is 5.56 Å². The number of carbonyl (C=O) groups is 1. The molecule has 1 aromatic carbocycles. The predicted octanol–water partition coefficient (Wildman–Crippen LogP) is 1.24. The zero-order chi connectivity index (χ0) is 10.6. The Morgan fingerprint density at radius 3 is 2.36 bits per heavy atom. The van der Waals surface area contributed by atoms with Gasteiger partial charge in [-0.05, 0) is 17.7 Å². The van der Waals surface area contributed by atoms with Crippen molar-refractivity contribution in [3.63, 3.8) is 0 Å². The standard InChI is InChI=1S/C10H13NO3/c1-11(2)10(13)14-9-5-3-8(7-12)4-6-9/h3-6,12H,7H2,1-2H3. The molecule has 0 atom stereocenters. The molecule has 0 fully saturated rings. The normalized spacial score (nSPS) is 9.64. The van der Waals surface area contributed by atoms with Crippen LogP contribution in [0, 0.1) is 0 Å². The van der Waals surface area contributed by atoms with Crippen LogP contribution in [-0.4, -0.2) is 30.2 Å². The fourth-order valence-corrected chi connectivity index (χ4v) is 0.855. The molecular weight excluding hydrogens is 182 g/mol. The fourth-order valence-electron chi connectivity index (χ4n) is 0.855. The third-order valence-corrected chi connectivity index (χ3v) is 1.68. The Labute approximate surface area is 82.7 Å². The molecule has 0 aliphatic heterocycles. The minimum Gasteiger partial charge on any atom is -0.410 e. The summed E-state index contributed by atoms with van der Waals surface area (Å²) in [5.74, 6) is 0.473. The second-order valence-electron chi connectivity index (χ2n) is 3.06. The quantitative estimate of drug-likeness (QED) is 0.772. The molecular formula is C10H13NO3. The smallest absolute Gasteiger partial charge is 0.410 e. The van der Waals surface area contributed by atoms with Crippen molar-refractivity contribution in [1.82, 2.24) is 4.90 Å². The van der Waals surface area contributed by atoms with Crippen molar-refractivity contribution < 1.29 is 14.6 Å². The highest BCUT2D eigenvalue weighted by Gasteiger charge is 2.05. The van der Waals surface area contributed by atoms with Gasteiger partial charge in [-0.2, -0.15) is 0 Å². The van der Waals surface area contributed by atoms with Crippen LogP contribution in [0.5, 0.6) is 5.75 Å². The van der Waals surface area contributed by atoms with E-state index >= 15 is 0 Å². The van der Waals surface area contributed by atoms with E-state index in [9.17, 15) is 4.79 Å². The van der Waals surface area contributed by atoms with E-state index in [4.69, 9.17) is 9.84 Å². The highest BCUT2D eigenvalue weighted by Crippen LogP contribution is 2.12. The Morgan fingerprint density at radius 1 is 1.36 bits per heavy atom. The summed E-state index contributed by atoms with van der Waals surface area (Å²) in [6.07, 6.45) is -0.415. The number of hydrogen-bond acceptors (Lipinski definition) is 3. The van der Waals surface area contributed by atoms with Gasteiger partial charge in [-0.15, -0.1) is 0 Å². The Hall–Kier alpha value is -1.55. The Bertz CT molecular complexity index is 306. The Kier molecular flexibility index (Phi) is 3.48. The van der Waals surface area contributed by atoms with Crippen molar-refractivity contribution in [3.05, 3.63) is 29.8 Å². The second kappa shape index (κ2) is 4.62. The lowest BCUT2D eigenvalue weighted by Crippen LogP contribution is -2.25. The maximum absolute atomic E-state index is 11.1. The van der Waals surface area contributed by atoms with Crippen molar-refractivity contribution in [2.45, 2.75) is 6.61 Å². The van der Waals surface area contributed by atoms with Crippen LogP contribution in [0.2, 0.25) is 0 Å². The number of ether oxygens (including phenoxy) is 1. The number of aliphatic hydroxyl groups excluding tert-OH is 1. The van der Waals surface area contributed by atoms with E-state index in [1.807, 2.05) is 0 Å². The SMILES string of the molecule is CN(C)C(=O)Oc1ccc(CO)cc1. The number of hydrogen-bond donors (Lipinski definition) is 1. The van der Waals surface area contributed by atoms with Gasteiger partial charge >= 0.3 is 6.09 Å². The zero-order valence-electron chi connectivity index (χ0n) is 8.23. The summed E-state index contributed by atoms with van der Waals surface area (Å²) in [6.45, 7) is -0.0120. The molecule has 0 radical (unpaired) electrons. The molecule has 76 valence electrons. The number of benzene rings is 1. The van der Waals surface area contributed by atoms with Crippen LogP contribution in [0.25, 0.3) is 0 Å². The van der Waals surface area contributed by atoms with Crippen LogP contribution in [0.1, 0.15) is 5.56 Å². The van der Waals surface area contributed by atoms with Gasteiger partial charge in [0.15, 0.2) is 0 Å². The van der Waals surface area contributed by atoms with Gasteiger partial charge in [0.25, 0.3) is 0 Å². The zero-order valence-corrected chi connectivity index (χ0v) is 8.23. The number of rotatable bonds is 2. The lowest BCUT2D eigenvalue weighted by Gasteiger charge is -2.10. The number of nitrogens with zero attached hydrogens (tertiary/aromatic N) is 1. The van der Waals surface area contributed by atoms with Gasteiger partial charge in [-0.3, -0.25) is 0 Å². The number of amides is 1. The van der Waals surface area contributed by atoms with Crippen LogP contribution in [0.15, 0.2) is 24.3 Å². The molecule has 0 unspecified atom stereocenters. The molecule has 4 nitrogen and oxygen atoms in total. The highest BCUT2D eigenvalue weighted by molar-refractivity contribution is 5.69. The van der Waals surface area contributed by atoms with E-state index in [1.54, 1.807) is 38.4 Å². The minimum absolute atomic E-state index is 0.0120. The van der Waals surface area contributed by atoms with E-state index in [2.05, 4.69) is 0 Å². The summed E-state index contributed by atoms with van der Waals surface area (Å²) in [5.41, 5.74) is 0.787. The molecule has 14 heavy (non-hydrogen) atoms. The lowest BCUT2D eigenvalue weighted by atomic mass is 10.2. The van der Waals surface area contributed by atoms with Gasteiger partial charge in [0.1, 0.15) is 5.75 Å². The Morgan fingerprint density at radius 2 is 1.93 bits per heavy atom. The van der Waals surface area contributed by atoms with Crippen molar-refractivity contribution in [2.75, 3.05) is 14.1 Å². The van der Waals surface area contributed by atoms with E-state index in [-0.39, 0.29) is 6.61 Å². The largest absolute Gasteiger partial charge is 0.414 e. The third-order valence-electron chi connectivity index (χ3n) is 1.68. The van der Waals surface area contributed by atoms with Crippen LogP contribution in [0.3, 0.4) is 0 Å². The highest BCUT2D eigenvalue weighted by atomic mass is 16.6. The third kappa shape index (κ3) is 2.74. The van der Waals surface area contributed by atoms with E-state index < -0.39 is 6.09 Å². The molecule has 0 heterocycles. The molecule has 1 aromatic rings. The maximum Gasteiger partial charge on any atom is 0.414 e. The summed E-state index contributed by atoms with van der Waals surface area (Å²) in [6, 6.07) is 6.70. The summed E-state index contributed by atoms with van der Waals surface area (Å²) in [5, 5.41) is 8.78. The van der Waals surface area contributed by atoms with Crippen LogP contribution >= 0.6 is 0 Å². The second-order valence-corrected chi connectivity index (χ2v) is 3.06. The van der Waals surface area contributed by atoms with Crippen molar-refractivity contribution >= 4 is 6.09 Å². The molecule has 4 heteroatoms. The lowest BCUT2D eigenvalue weighted by molar-refractivity contribution is 0.172. The summed E-state index contributed by atoms with van der Waals surface area (Å²) in [4.78, 5) is 12.5. The van der Waals surface area contributed by atoms with Gasteiger partial charge in [-0.1, -0.05) is 12.1 Å². The summed E-state index contributed by atoms with van der Waals surface area (Å²) in [7, 11) is 3.23. The first-order chi connectivity index (χ1) is 6.63. The van der Waals surface area contributed by atoms with Crippen LogP contribution in [0.4, 0.5) is 4.79 Å². The maximum atomic E-state index is 11.1. The van der Waals surface area contributed by atoms with Crippen molar-refractivity contribution in [1.29, 1.82) is 0 Å². The number of aliphatic hydroxyl groups is 1. The van der Waals surface area contributed by atoms with Crippen LogP contribution in [-0.2, 0) is 6.61 Å². The molecule has 1 N–H and O–H groups in total. The van der Waals surface area contributed by atoms with Gasteiger partial charge in [0, 0.05) is 14.1 Å². The Balaban J connectivity index is 2.64. The topological polar surface area (TPSA) is 49.8 Å². The number of carbonyl (C=O) groups excluding carboxylic acids is 1. The van der Waals surface area contributed by atoms with E-state index in [1.165, 1.54) is 4.90 Å².